The second kappa shape index (κ2) is 10.1. The van der Waals surface area contributed by atoms with Crippen LogP contribution in [0.15, 0.2) is 47.5 Å². The maximum Gasteiger partial charge on any atom is 0.501 e. The van der Waals surface area contributed by atoms with E-state index < -0.39 is 32.2 Å². The number of piperidine rings is 1. The molecule has 0 spiro atoms. The van der Waals surface area contributed by atoms with Gasteiger partial charge in [0.25, 0.3) is 15.7 Å². The fourth-order valence-electron chi connectivity index (χ4n) is 4.20. The molecule has 4 amide bonds. The van der Waals surface area contributed by atoms with E-state index in [4.69, 9.17) is 0 Å². The van der Waals surface area contributed by atoms with E-state index in [1.165, 1.54) is 11.1 Å². The number of amides is 4. The highest BCUT2D eigenvalue weighted by molar-refractivity contribution is 7.92. The molecule has 1 aromatic carbocycles. The molecule has 0 bridgehead atoms. The van der Waals surface area contributed by atoms with Gasteiger partial charge in [-0.05, 0) is 74.9 Å². The van der Waals surface area contributed by atoms with Gasteiger partial charge in [0.2, 0.25) is 5.91 Å². The number of benzene rings is 1. The Hall–Kier alpha value is -3.52. The number of aromatic nitrogens is 1. The van der Waals surface area contributed by atoms with Crippen molar-refractivity contribution in [1.29, 1.82) is 0 Å². The standard InChI is InChI=1S/C23H24F3N5O5S/c1-29-10-7-16(8-11-29)21(33)28-19-12-15(6-9-27-19)13-30-14-20(32)31(22(30)34)17-2-4-18(5-3-17)37(35,36)23(24,25)26/h2-6,9,12,16H,7-8,10-11,13-14H2,1H3,(H,27,28,33). The molecule has 2 aliphatic rings. The minimum atomic E-state index is -5.55. The topological polar surface area (TPSA) is 120 Å². The monoisotopic (exact) mass is 539 g/mol. The van der Waals surface area contributed by atoms with E-state index in [1.807, 2.05) is 7.05 Å². The van der Waals surface area contributed by atoms with Gasteiger partial charge in [-0.3, -0.25) is 9.59 Å². The van der Waals surface area contributed by atoms with Gasteiger partial charge in [0.15, 0.2) is 0 Å². The van der Waals surface area contributed by atoms with Gasteiger partial charge in [-0.25, -0.2) is 23.1 Å². The number of carbonyl (C=O) groups excluding carboxylic acids is 3. The summed E-state index contributed by atoms with van der Waals surface area (Å²) in [7, 11) is -3.56. The normalized spacial score (nSPS) is 17.9. The van der Waals surface area contributed by atoms with Crippen molar-refractivity contribution in [3.63, 3.8) is 0 Å². The third kappa shape index (κ3) is 5.59. The molecule has 2 aliphatic heterocycles. The zero-order chi connectivity index (χ0) is 27.0. The number of halogens is 3. The third-order valence-electron chi connectivity index (χ3n) is 6.29. The maximum atomic E-state index is 12.9. The van der Waals surface area contributed by atoms with Crippen molar-refractivity contribution in [2.24, 2.45) is 5.92 Å². The molecule has 0 saturated carbocycles. The zero-order valence-electron chi connectivity index (χ0n) is 19.7. The number of hydrogen-bond acceptors (Lipinski definition) is 7. The zero-order valence-corrected chi connectivity index (χ0v) is 20.6. The summed E-state index contributed by atoms with van der Waals surface area (Å²) < 4.78 is 61.4. The van der Waals surface area contributed by atoms with Crippen LogP contribution in [0.5, 0.6) is 0 Å². The number of sulfone groups is 1. The van der Waals surface area contributed by atoms with Crippen molar-refractivity contribution < 1.29 is 36.0 Å². The average molecular weight is 540 g/mol. The van der Waals surface area contributed by atoms with Crippen molar-refractivity contribution in [3.8, 4) is 0 Å². The van der Waals surface area contributed by atoms with Gasteiger partial charge < -0.3 is 15.1 Å². The highest BCUT2D eigenvalue weighted by Crippen LogP contribution is 2.32. The van der Waals surface area contributed by atoms with Crippen LogP contribution in [-0.4, -0.2) is 73.2 Å². The van der Waals surface area contributed by atoms with Crippen LogP contribution >= 0.6 is 0 Å². The summed E-state index contributed by atoms with van der Waals surface area (Å²) in [6.45, 7) is 1.38. The Kier molecular flexibility index (Phi) is 7.24. The largest absolute Gasteiger partial charge is 0.501 e. The van der Waals surface area contributed by atoms with Crippen LogP contribution in [-0.2, 0) is 26.0 Å². The predicted octanol–water partition coefficient (Wildman–Crippen LogP) is 2.62. The Morgan fingerprint density at radius 1 is 1.11 bits per heavy atom. The van der Waals surface area contributed by atoms with Crippen molar-refractivity contribution in [2.75, 3.05) is 36.9 Å². The summed E-state index contributed by atoms with van der Waals surface area (Å²) in [5.41, 5.74) is -4.93. The molecular weight excluding hydrogens is 515 g/mol. The highest BCUT2D eigenvalue weighted by Gasteiger charge is 2.47. The number of carbonyl (C=O) groups is 3. The number of rotatable bonds is 6. The summed E-state index contributed by atoms with van der Waals surface area (Å²) >= 11 is 0. The quantitative estimate of drug-likeness (QED) is 0.561. The van der Waals surface area contributed by atoms with Crippen LogP contribution in [0.1, 0.15) is 18.4 Å². The molecule has 0 unspecified atom stereocenters. The first-order chi connectivity index (χ1) is 17.4. The number of pyridine rings is 1. The molecule has 2 aromatic rings. The molecule has 3 heterocycles. The van der Waals surface area contributed by atoms with Crippen LogP contribution in [0.25, 0.3) is 0 Å². The smallest absolute Gasteiger partial charge is 0.310 e. The van der Waals surface area contributed by atoms with Crippen LogP contribution in [0.3, 0.4) is 0 Å². The number of nitrogens with zero attached hydrogens (tertiary/aromatic N) is 4. The van der Waals surface area contributed by atoms with Crippen molar-refractivity contribution in [3.05, 3.63) is 48.2 Å². The number of hydrogen-bond donors (Lipinski definition) is 1. The van der Waals surface area contributed by atoms with Crippen molar-refractivity contribution in [2.45, 2.75) is 29.8 Å². The molecule has 198 valence electrons. The number of anilines is 2. The first-order valence-corrected chi connectivity index (χ1v) is 12.8. The lowest BCUT2D eigenvalue weighted by molar-refractivity contribution is -0.121. The van der Waals surface area contributed by atoms with Crippen LogP contribution in [0, 0.1) is 5.92 Å². The van der Waals surface area contributed by atoms with Crippen LogP contribution in [0.2, 0.25) is 0 Å². The maximum absolute atomic E-state index is 12.9. The van der Waals surface area contributed by atoms with E-state index in [-0.39, 0.29) is 30.6 Å². The third-order valence-corrected chi connectivity index (χ3v) is 7.79. The SMILES string of the molecule is CN1CCC(C(=O)Nc2cc(CN3CC(=O)N(c4ccc(S(=O)(=O)C(F)(F)F)cc4)C3=O)ccn2)CC1. The molecule has 1 N–H and O–H groups in total. The van der Waals surface area contributed by atoms with Crippen molar-refractivity contribution >= 4 is 39.2 Å². The first-order valence-electron chi connectivity index (χ1n) is 11.3. The van der Waals surface area contributed by atoms with Gasteiger partial charge in [0.05, 0.1) is 10.6 Å². The van der Waals surface area contributed by atoms with E-state index in [0.717, 1.165) is 43.0 Å². The summed E-state index contributed by atoms with van der Waals surface area (Å²) in [6, 6.07) is 5.85. The Morgan fingerprint density at radius 2 is 1.76 bits per heavy atom. The summed E-state index contributed by atoms with van der Waals surface area (Å²) in [6.07, 6.45) is 2.95. The van der Waals surface area contributed by atoms with E-state index >= 15 is 0 Å². The van der Waals surface area contributed by atoms with Gasteiger partial charge in [0, 0.05) is 18.7 Å². The number of likely N-dealkylation sites (tertiary alicyclic amines) is 1. The average Bonchev–Trinajstić information content (AvgIpc) is 3.11. The fraction of sp³-hybridized carbons (Fsp3) is 0.391. The van der Waals surface area contributed by atoms with Gasteiger partial charge in [-0.15, -0.1) is 0 Å². The molecule has 37 heavy (non-hydrogen) atoms. The number of nitrogens with one attached hydrogen (secondary N) is 1. The molecule has 0 radical (unpaired) electrons. The van der Waals surface area contributed by atoms with E-state index in [1.54, 1.807) is 12.1 Å². The fourth-order valence-corrected chi connectivity index (χ4v) is 4.96. The van der Waals surface area contributed by atoms with E-state index in [9.17, 15) is 36.0 Å². The van der Waals surface area contributed by atoms with Crippen LogP contribution in [0.4, 0.5) is 29.5 Å². The molecule has 2 fully saturated rings. The molecular formula is C23H24F3N5O5S. The molecule has 2 saturated heterocycles. The lowest BCUT2D eigenvalue weighted by Crippen LogP contribution is -2.36. The highest BCUT2D eigenvalue weighted by atomic mass is 32.2. The number of urea groups is 1. The van der Waals surface area contributed by atoms with Gasteiger partial charge >= 0.3 is 11.5 Å². The molecule has 4 rings (SSSR count). The molecule has 10 nitrogen and oxygen atoms in total. The molecule has 0 atom stereocenters. The van der Waals surface area contributed by atoms with E-state index in [2.05, 4.69) is 15.2 Å². The van der Waals surface area contributed by atoms with Gasteiger partial charge in [-0.2, -0.15) is 13.2 Å². The second-order valence-electron chi connectivity index (χ2n) is 8.93. The summed E-state index contributed by atoms with van der Waals surface area (Å²) in [5.74, 6) is -0.558. The molecule has 0 aliphatic carbocycles. The Morgan fingerprint density at radius 3 is 2.38 bits per heavy atom. The lowest BCUT2D eigenvalue weighted by atomic mass is 9.96. The molecule has 14 heteroatoms. The predicted molar refractivity (Wildman–Crippen MR) is 126 cm³/mol. The van der Waals surface area contributed by atoms with E-state index in [0.29, 0.717) is 23.5 Å². The van der Waals surface area contributed by atoms with Gasteiger partial charge in [-0.1, -0.05) is 0 Å². The Balaban J connectivity index is 1.43. The number of imide groups is 1. The Labute approximate surface area is 211 Å². The number of alkyl halides is 3. The van der Waals surface area contributed by atoms with Crippen molar-refractivity contribution in [1.82, 2.24) is 14.8 Å². The minimum absolute atomic E-state index is 0.0151. The summed E-state index contributed by atoms with van der Waals surface area (Å²) in [5, 5.41) is 2.80. The Bertz CT molecular complexity index is 1310. The molecule has 1 aromatic heterocycles. The summed E-state index contributed by atoms with van der Waals surface area (Å²) in [4.78, 5) is 45.3. The van der Waals surface area contributed by atoms with Crippen LogP contribution < -0.4 is 10.2 Å². The second-order valence-corrected chi connectivity index (χ2v) is 10.9. The van der Waals surface area contributed by atoms with Gasteiger partial charge in [0.1, 0.15) is 12.4 Å². The lowest BCUT2D eigenvalue weighted by Gasteiger charge is -2.27. The minimum Gasteiger partial charge on any atom is -0.310 e. The first kappa shape index (κ1) is 26.5.